The van der Waals surface area contributed by atoms with Crippen LogP contribution in [-0.2, 0) is 16.1 Å². The van der Waals surface area contributed by atoms with Gasteiger partial charge in [0.2, 0.25) is 0 Å². The summed E-state index contributed by atoms with van der Waals surface area (Å²) in [7, 11) is 0. The number of nitrogens with one attached hydrogen (secondary N) is 1. The van der Waals surface area contributed by atoms with Crippen LogP contribution in [-0.4, -0.2) is 28.9 Å². The summed E-state index contributed by atoms with van der Waals surface area (Å²) >= 11 is 1.52. The maximum atomic E-state index is 11.6. The molecule has 1 aromatic heterocycles. The molecular formula is C13H22N4O2S. The van der Waals surface area contributed by atoms with Gasteiger partial charge in [-0.25, -0.2) is 4.98 Å². The number of thiazole rings is 1. The minimum absolute atomic E-state index is 0.138. The second kappa shape index (κ2) is 7.23. The molecule has 0 aromatic carbocycles. The van der Waals surface area contributed by atoms with E-state index in [1.807, 2.05) is 33.1 Å². The zero-order valence-electron chi connectivity index (χ0n) is 12.4. The number of hydrogen-bond acceptors (Lipinski definition) is 5. The molecule has 0 saturated carbocycles. The monoisotopic (exact) mass is 298 g/mol. The summed E-state index contributed by atoms with van der Waals surface area (Å²) in [6.07, 6.45) is 1.27. The third-order valence-electron chi connectivity index (χ3n) is 2.74. The second-order valence-corrected chi connectivity index (χ2v) is 6.14. The van der Waals surface area contributed by atoms with Crippen LogP contribution in [0.3, 0.4) is 0 Å². The number of carbonyl (C=O) groups is 1. The molecule has 0 aliphatic rings. The number of aromatic nitrogens is 1. The Hall–Kier alpha value is -1.63. The molecular weight excluding hydrogens is 276 g/mol. The van der Waals surface area contributed by atoms with Crippen LogP contribution in [0.1, 0.15) is 37.9 Å². The highest BCUT2D eigenvalue weighted by molar-refractivity contribution is 7.09. The highest BCUT2D eigenvalue weighted by Crippen LogP contribution is 2.09. The zero-order valence-corrected chi connectivity index (χ0v) is 13.2. The van der Waals surface area contributed by atoms with E-state index in [1.54, 1.807) is 0 Å². The molecule has 0 aliphatic carbocycles. The quantitative estimate of drug-likeness (QED) is 0.454. The number of amides is 1. The molecule has 7 heteroatoms. The van der Waals surface area contributed by atoms with Crippen molar-refractivity contribution < 1.29 is 9.63 Å². The first-order chi connectivity index (χ1) is 9.32. The Kier molecular flexibility index (Phi) is 5.94. The molecule has 0 atom stereocenters. The summed E-state index contributed by atoms with van der Waals surface area (Å²) in [4.78, 5) is 20.8. The van der Waals surface area contributed by atoms with Gasteiger partial charge in [-0.15, -0.1) is 11.3 Å². The minimum Gasteiger partial charge on any atom is -0.384 e. The molecule has 0 saturated heterocycles. The van der Waals surface area contributed by atoms with E-state index in [1.165, 1.54) is 11.3 Å². The van der Waals surface area contributed by atoms with Crippen LogP contribution in [0.4, 0.5) is 0 Å². The van der Waals surface area contributed by atoms with Gasteiger partial charge < -0.3 is 15.9 Å². The molecule has 3 N–H and O–H groups in total. The topological polar surface area (TPSA) is 89.6 Å². The van der Waals surface area contributed by atoms with Crippen molar-refractivity contribution in [3.63, 3.8) is 0 Å². The number of amidine groups is 1. The molecule has 0 fully saturated rings. The first-order valence-electron chi connectivity index (χ1n) is 6.48. The minimum atomic E-state index is -0.242. The van der Waals surface area contributed by atoms with Crippen LogP contribution in [0.2, 0.25) is 0 Å². The van der Waals surface area contributed by atoms with E-state index in [0.717, 1.165) is 17.1 Å². The summed E-state index contributed by atoms with van der Waals surface area (Å²) in [6, 6.07) is 0. The SMILES string of the molecule is CCC(C)(C)NC(=O)CON=C(N)Cc1nc(C)cs1. The standard InChI is InChI=1S/C13H22N4O2S/c1-5-13(3,4)16-11(18)7-19-17-10(14)6-12-15-9(2)8-20-12/h8H,5-7H2,1-4H3,(H2,14,17)(H,16,18). The molecule has 112 valence electrons. The Morgan fingerprint density at radius 2 is 2.30 bits per heavy atom. The number of aryl methyl sites for hydroxylation is 1. The molecule has 1 amide bonds. The third-order valence-corrected chi connectivity index (χ3v) is 3.70. The van der Waals surface area contributed by atoms with Crippen molar-refractivity contribution in [2.75, 3.05) is 6.61 Å². The Labute approximate surface area is 123 Å². The molecule has 20 heavy (non-hydrogen) atoms. The molecule has 6 nitrogen and oxygen atoms in total. The van der Waals surface area contributed by atoms with Gasteiger partial charge >= 0.3 is 0 Å². The van der Waals surface area contributed by atoms with Gasteiger partial charge in [-0.1, -0.05) is 12.1 Å². The smallest absolute Gasteiger partial charge is 0.261 e. The Bertz CT molecular complexity index is 482. The zero-order chi connectivity index (χ0) is 15.2. The second-order valence-electron chi connectivity index (χ2n) is 5.20. The fourth-order valence-electron chi connectivity index (χ4n) is 1.35. The van der Waals surface area contributed by atoms with Gasteiger partial charge in [0, 0.05) is 16.6 Å². The van der Waals surface area contributed by atoms with E-state index in [-0.39, 0.29) is 18.1 Å². The van der Waals surface area contributed by atoms with E-state index < -0.39 is 0 Å². The summed E-state index contributed by atoms with van der Waals surface area (Å²) in [5.41, 5.74) is 6.43. The maximum Gasteiger partial charge on any atom is 0.261 e. The molecule has 0 bridgehead atoms. The molecule has 0 aliphatic heterocycles. The molecule has 1 aromatic rings. The third kappa shape index (κ3) is 6.01. The molecule has 0 radical (unpaired) electrons. The first-order valence-corrected chi connectivity index (χ1v) is 7.36. The predicted molar refractivity (Wildman–Crippen MR) is 80.6 cm³/mol. The maximum absolute atomic E-state index is 11.6. The lowest BCUT2D eigenvalue weighted by molar-refractivity contribution is -0.127. The van der Waals surface area contributed by atoms with E-state index in [2.05, 4.69) is 15.5 Å². The van der Waals surface area contributed by atoms with Crippen LogP contribution >= 0.6 is 11.3 Å². The van der Waals surface area contributed by atoms with E-state index >= 15 is 0 Å². The summed E-state index contributed by atoms with van der Waals surface area (Å²) in [5.74, 6) is 0.0976. The Morgan fingerprint density at radius 3 is 2.85 bits per heavy atom. The average molecular weight is 298 g/mol. The van der Waals surface area contributed by atoms with Crippen LogP contribution in [0.5, 0.6) is 0 Å². The van der Waals surface area contributed by atoms with E-state index in [9.17, 15) is 4.79 Å². The van der Waals surface area contributed by atoms with Gasteiger partial charge in [-0.2, -0.15) is 0 Å². The van der Waals surface area contributed by atoms with Crippen molar-refractivity contribution >= 4 is 23.1 Å². The number of rotatable bonds is 7. The van der Waals surface area contributed by atoms with Crippen molar-refractivity contribution in [1.82, 2.24) is 10.3 Å². The lowest BCUT2D eigenvalue weighted by Crippen LogP contribution is -2.44. The van der Waals surface area contributed by atoms with Crippen molar-refractivity contribution in [2.45, 2.75) is 46.1 Å². The lowest BCUT2D eigenvalue weighted by atomic mass is 10.0. The van der Waals surface area contributed by atoms with Crippen LogP contribution in [0.15, 0.2) is 10.5 Å². The molecule has 1 rings (SSSR count). The van der Waals surface area contributed by atoms with Crippen LogP contribution in [0, 0.1) is 6.92 Å². The molecule has 0 spiro atoms. The van der Waals surface area contributed by atoms with Gasteiger partial charge in [0.25, 0.3) is 5.91 Å². The number of nitrogens with two attached hydrogens (primary N) is 1. The lowest BCUT2D eigenvalue weighted by Gasteiger charge is -2.23. The van der Waals surface area contributed by atoms with Gasteiger partial charge in [0.05, 0.1) is 6.42 Å². The van der Waals surface area contributed by atoms with Crippen molar-refractivity contribution in [3.8, 4) is 0 Å². The van der Waals surface area contributed by atoms with Gasteiger partial charge in [0.15, 0.2) is 6.61 Å². The highest BCUT2D eigenvalue weighted by atomic mass is 32.1. The predicted octanol–water partition coefficient (Wildman–Crippen LogP) is 1.59. The van der Waals surface area contributed by atoms with Crippen molar-refractivity contribution in [2.24, 2.45) is 10.9 Å². The summed E-state index contributed by atoms with van der Waals surface area (Å²) in [5, 5.41) is 9.40. The average Bonchev–Trinajstić information content (AvgIpc) is 2.74. The summed E-state index contributed by atoms with van der Waals surface area (Å²) < 4.78 is 0. The number of hydrogen-bond donors (Lipinski definition) is 2. The van der Waals surface area contributed by atoms with E-state index in [4.69, 9.17) is 10.6 Å². The number of nitrogens with zero attached hydrogens (tertiary/aromatic N) is 2. The first kappa shape index (κ1) is 16.4. The Morgan fingerprint density at radius 1 is 1.60 bits per heavy atom. The van der Waals surface area contributed by atoms with E-state index in [0.29, 0.717) is 12.3 Å². The van der Waals surface area contributed by atoms with Crippen LogP contribution in [0.25, 0.3) is 0 Å². The van der Waals surface area contributed by atoms with Crippen molar-refractivity contribution in [1.29, 1.82) is 0 Å². The molecule has 1 heterocycles. The highest BCUT2D eigenvalue weighted by Gasteiger charge is 2.17. The van der Waals surface area contributed by atoms with Crippen LogP contribution < -0.4 is 11.1 Å². The number of carbonyl (C=O) groups excluding carboxylic acids is 1. The molecule has 0 unspecified atom stereocenters. The summed E-state index contributed by atoms with van der Waals surface area (Å²) in [6.45, 7) is 7.69. The fourth-order valence-corrected chi connectivity index (χ4v) is 2.13. The largest absolute Gasteiger partial charge is 0.384 e. The van der Waals surface area contributed by atoms with Crippen molar-refractivity contribution in [3.05, 3.63) is 16.1 Å². The normalized spacial score (nSPS) is 12.3. The number of oxime groups is 1. The Balaban J connectivity index is 2.35. The van der Waals surface area contributed by atoms with Gasteiger partial charge in [0.1, 0.15) is 10.8 Å². The van der Waals surface area contributed by atoms with Gasteiger partial charge in [-0.3, -0.25) is 4.79 Å². The fraction of sp³-hybridized carbons (Fsp3) is 0.615. The van der Waals surface area contributed by atoms with Gasteiger partial charge in [-0.05, 0) is 27.2 Å².